The number of fused-ring (bicyclic) bond motifs is 1. The number of imidazole rings is 1. The van der Waals surface area contributed by atoms with Crippen LogP contribution in [0, 0.1) is 11.3 Å². The number of carbonyl (C=O) groups is 2. The summed E-state index contributed by atoms with van der Waals surface area (Å²) >= 11 is 0. The number of H-pyrrole nitrogens is 1. The molecule has 28 heavy (non-hydrogen) atoms. The molecule has 0 saturated heterocycles. The summed E-state index contributed by atoms with van der Waals surface area (Å²) in [5.41, 5.74) is 1.77. The third-order valence-corrected chi connectivity index (χ3v) is 4.28. The van der Waals surface area contributed by atoms with E-state index in [-0.39, 0.29) is 22.9 Å². The molecule has 0 bridgehead atoms. The van der Waals surface area contributed by atoms with Gasteiger partial charge in [-0.25, -0.2) is 9.78 Å². The van der Waals surface area contributed by atoms with Gasteiger partial charge in [-0.2, -0.15) is 5.26 Å². The molecule has 0 aliphatic rings. The number of aliphatic hydroxyl groups excluding tert-OH is 1. The lowest BCUT2D eigenvalue weighted by atomic mass is 10.1. The number of aromatic nitrogens is 3. The molecule has 3 aromatic rings. The van der Waals surface area contributed by atoms with Crippen LogP contribution in [0.4, 0.5) is 0 Å². The number of aromatic amines is 1. The third kappa shape index (κ3) is 3.50. The first-order valence-corrected chi connectivity index (χ1v) is 8.48. The summed E-state index contributed by atoms with van der Waals surface area (Å²) in [5.74, 6) is -1.14. The van der Waals surface area contributed by atoms with Gasteiger partial charge in [-0.05, 0) is 32.0 Å². The van der Waals surface area contributed by atoms with E-state index in [0.29, 0.717) is 16.6 Å². The van der Waals surface area contributed by atoms with Gasteiger partial charge in [0.2, 0.25) is 0 Å². The van der Waals surface area contributed by atoms with Crippen LogP contribution >= 0.6 is 0 Å². The number of benzene rings is 1. The first kappa shape index (κ1) is 18.9. The van der Waals surface area contributed by atoms with E-state index in [1.54, 1.807) is 19.2 Å². The Morgan fingerprint density at radius 3 is 2.68 bits per heavy atom. The van der Waals surface area contributed by atoms with Crippen LogP contribution in [0.1, 0.15) is 40.5 Å². The zero-order valence-corrected chi connectivity index (χ0v) is 15.6. The maximum Gasteiger partial charge on any atom is 0.355 e. The number of nitrogens with one attached hydrogen (secondary N) is 1. The number of aryl methyl sites for hydroxylation is 1. The van der Waals surface area contributed by atoms with Crippen molar-refractivity contribution in [3.63, 3.8) is 0 Å². The molecule has 0 aliphatic carbocycles. The molecule has 1 aromatic carbocycles. The van der Waals surface area contributed by atoms with Gasteiger partial charge in [0.05, 0.1) is 11.0 Å². The second-order valence-corrected chi connectivity index (χ2v) is 6.30. The zero-order valence-electron chi connectivity index (χ0n) is 15.6. The van der Waals surface area contributed by atoms with Crippen LogP contribution in [0.2, 0.25) is 0 Å². The molecule has 0 spiro atoms. The number of hydrogen-bond donors (Lipinski definition) is 2. The monoisotopic (exact) mass is 378 g/mol. The largest absolute Gasteiger partial charge is 0.507 e. The lowest BCUT2D eigenvalue weighted by Gasteiger charge is -2.13. The molecular weight excluding hydrogens is 360 g/mol. The van der Waals surface area contributed by atoms with E-state index >= 15 is 0 Å². The number of nitriles is 1. The lowest BCUT2D eigenvalue weighted by molar-refractivity contribution is 0.0323. The number of nitrogens with zero attached hydrogens (tertiary/aromatic N) is 3. The average Bonchev–Trinajstić information content (AvgIpc) is 3.25. The van der Waals surface area contributed by atoms with Gasteiger partial charge in [0.1, 0.15) is 17.3 Å². The Balaban J connectivity index is 1.87. The molecule has 2 heterocycles. The Morgan fingerprint density at radius 1 is 1.36 bits per heavy atom. The van der Waals surface area contributed by atoms with Crippen LogP contribution in [0.25, 0.3) is 16.6 Å². The minimum absolute atomic E-state index is 0.118. The molecule has 3 rings (SSSR count). The average molecular weight is 378 g/mol. The predicted molar refractivity (Wildman–Crippen MR) is 102 cm³/mol. The van der Waals surface area contributed by atoms with E-state index in [1.165, 1.54) is 30.7 Å². The summed E-state index contributed by atoms with van der Waals surface area (Å²) in [6.07, 6.45) is 0.431. The molecule has 2 N–H and O–H groups in total. The van der Waals surface area contributed by atoms with Gasteiger partial charge in [0, 0.05) is 18.8 Å². The fourth-order valence-corrected chi connectivity index (χ4v) is 2.74. The number of hydrogen-bond acceptors (Lipinski definition) is 6. The van der Waals surface area contributed by atoms with Crippen LogP contribution in [0.15, 0.2) is 42.3 Å². The number of ether oxygens (including phenoxy) is 1. The van der Waals surface area contributed by atoms with Crippen molar-refractivity contribution in [1.82, 2.24) is 14.5 Å². The van der Waals surface area contributed by atoms with Crippen molar-refractivity contribution < 1.29 is 19.4 Å². The SMILES string of the molecule is CC(=O)c1cc(C(=O)O[C@@H](C)/C(O)=C(\C#N)c2nc3ccccc3[nH]2)n(C)c1. The highest BCUT2D eigenvalue weighted by molar-refractivity contribution is 5.97. The molecule has 2 aromatic heterocycles. The molecule has 8 heteroatoms. The number of carbonyl (C=O) groups excluding carboxylic acids is 2. The fraction of sp³-hybridized carbons (Fsp3) is 0.200. The summed E-state index contributed by atoms with van der Waals surface area (Å²) in [7, 11) is 1.61. The fourth-order valence-electron chi connectivity index (χ4n) is 2.74. The van der Waals surface area contributed by atoms with Crippen molar-refractivity contribution in [2.45, 2.75) is 20.0 Å². The number of allylic oxidation sites excluding steroid dienone is 1. The minimum atomic E-state index is -1.09. The van der Waals surface area contributed by atoms with Crippen molar-refractivity contribution in [2.24, 2.45) is 7.05 Å². The Labute approximate surface area is 160 Å². The normalized spacial score (nSPS) is 12.9. The highest BCUT2D eigenvalue weighted by Crippen LogP contribution is 2.22. The van der Waals surface area contributed by atoms with E-state index < -0.39 is 17.8 Å². The maximum absolute atomic E-state index is 12.4. The molecule has 0 unspecified atom stereocenters. The van der Waals surface area contributed by atoms with E-state index in [4.69, 9.17) is 4.74 Å². The van der Waals surface area contributed by atoms with Crippen LogP contribution < -0.4 is 0 Å². The zero-order chi connectivity index (χ0) is 20.4. The van der Waals surface area contributed by atoms with E-state index in [2.05, 4.69) is 9.97 Å². The van der Waals surface area contributed by atoms with Crippen molar-refractivity contribution >= 4 is 28.4 Å². The smallest absolute Gasteiger partial charge is 0.355 e. The lowest BCUT2D eigenvalue weighted by Crippen LogP contribution is -2.20. The molecule has 142 valence electrons. The summed E-state index contributed by atoms with van der Waals surface area (Å²) in [4.78, 5) is 31.1. The van der Waals surface area contributed by atoms with Gasteiger partial charge in [-0.15, -0.1) is 0 Å². The van der Waals surface area contributed by atoms with Gasteiger partial charge in [0.25, 0.3) is 0 Å². The van der Waals surface area contributed by atoms with Gasteiger partial charge in [0.15, 0.2) is 23.5 Å². The molecular formula is C20H18N4O4. The second-order valence-electron chi connectivity index (χ2n) is 6.30. The minimum Gasteiger partial charge on any atom is -0.507 e. The molecule has 0 aliphatic heterocycles. The predicted octanol–water partition coefficient (Wildman–Crippen LogP) is 3.14. The van der Waals surface area contributed by atoms with Crippen molar-refractivity contribution in [2.75, 3.05) is 0 Å². The van der Waals surface area contributed by atoms with Gasteiger partial charge in [-0.3, -0.25) is 4.79 Å². The van der Waals surface area contributed by atoms with Gasteiger partial charge >= 0.3 is 5.97 Å². The number of rotatable bonds is 5. The van der Waals surface area contributed by atoms with Crippen molar-refractivity contribution in [3.8, 4) is 6.07 Å². The Hall–Kier alpha value is -3.86. The topological polar surface area (TPSA) is 121 Å². The number of para-hydroxylation sites is 2. The quantitative estimate of drug-likeness (QED) is 0.304. The van der Waals surface area contributed by atoms with E-state index in [0.717, 1.165) is 0 Å². The first-order valence-electron chi connectivity index (χ1n) is 8.48. The van der Waals surface area contributed by atoms with Crippen molar-refractivity contribution in [3.05, 3.63) is 59.4 Å². The molecule has 0 radical (unpaired) electrons. The van der Waals surface area contributed by atoms with Gasteiger partial charge < -0.3 is 19.4 Å². The van der Waals surface area contributed by atoms with Crippen LogP contribution in [-0.2, 0) is 11.8 Å². The molecule has 0 fully saturated rings. The standard InChI is InChI=1S/C20H18N4O4/c1-11(25)13-8-17(24(3)10-13)20(27)28-12(2)18(26)14(9-21)19-22-15-6-4-5-7-16(15)23-19/h4-8,10,12,26H,1-3H3,(H,22,23)/b18-14-/t12-/m0/s1. The Kier molecular flexibility index (Phi) is 5.00. The summed E-state index contributed by atoms with van der Waals surface area (Å²) in [6.45, 7) is 2.84. The Bertz CT molecular complexity index is 1110. The van der Waals surface area contributed by atoms with E-state index in [1.807, 2.05) is 18.2 Å². The highest BCUT2D eigenvalue weighted by Gasteiger charge is 2.23. The van der Waals surface area contributed by atoms with Crippen LogP contribution in [0.5, 0.6) is 0 Å². The summed E-state index contributed by atoms with van der Waals surface area (Å²) < 4.78 is 6.75. The second kappa shape index (κ2) is 7.40. The summed E-state index contributed by atoms with van der Waals surface area (Å²) in [5, 5.41) is 19.9. The molecule has 0 amide bonds. The molecule has 1 atom stereocenters. The van der Waals surface area contributed by atoms with Crippen molar-refractivity contribution in [1.29, 1.82) is 5.26 Å². The van der Waals surface area contributed by atoms with Crippen LogP contribution in [-0.4, -0.2) is 37.5 Å². The molecule has 0 saturated carbocycles. The molecule has 8 nitrogen and oxygen atoms in total. The summed E-state index contributed by atoms with van der Waals surface area (Å²) in [6, 6.07) is 10.5. The number of esters is 1. The van der Waals surface area contributed by atoms with Crippen LogP contribution in [0.3, 0.4) is 0 Å². The Morgan fingerprint density at radius 2 is 2.07 bits per heavy atom. The third-order valence-electron chi connectivity index (χ3n) is 4.28. The number of aliphatic hydroxyl groups is 1. The number of Topliss-reactive ketones (excluding diaryl/α,β-unsaturated/α-hetero) is 1. The maximum atomic E-state index is 12.4. The van der Waals surface area contributed by atoms with Gasteiger partial charge in [-0.1, -0.05) is 12.1 Å². The number of ketones is 1. The first-order chi connectivity index (χ1) is 13.3. The highest BCUT2D eigenvalue weighted by atomic mass is 16.6. The van der Waals surface area contributed by atoms with E-state index in [9.17, 15) is 20.0 Å².